The van der Waals surface area contributed by atoms with Crippen LogP contribution in [0.2, 0.25) is 0 Å². The first-order valence-corrected chi connectivity index (χ1v) is 10.9. The number of anilines is 1. The van der Waals surface area contributed by atoms with Gasteiger partial charge in [-0.1, -0.05) is 48.5 Å². The van der Waals surface area contributed by atoms with Crippen molar-refractivity contribution in [3.8, 4) is 11.4 Å². The molecule has 2 aromatic carbocycles. The number of esters is 1. The Hall–Kier alpha value is -4.53. The Morgan fingerprint density at radius 2 is 1.85 bits per heavy atom. The first kappa shape index (κ1) is 21.3. The third kappa shape index (κ3) is 4.36. The molecule has 0 atom stereocenters. The maximum Gasteiger partial charge on any atom is 0.357 e. The van der Waals surface area contributed by atoms with E-state index in [1.165, 1.54) is 17.0 Å². The molecule has 0 bridgehead atoms. The van der Waals surface area contributed by atoms with Crippen LogP contribution < -0.4 is 4.90 Å². The maximum atomic E-state index is 13.2. The summed E-state index contributed by atoms with van der Waals surface area (Å²) < 4.78 is 12.1. The van der Waals surface area contributed by atoms with E-state index in [4.69, 9.17) is 9.15 Å². The van der Waals surface area contributed by atoms with Crippen molar-refractivity contribution in [2.45, 2.75) is 12.8 Å². The number of fused-ring (bicyclic) bond motifs is 1. The maximum absolute atomic E-state index is 13.2. The predicted octanol–water partition coefficient (Wildman–Crippen LogP) is 3.45. The second-order valence-corrected chi connectivity index (χ2v) is 7.68. The lowest BCUT2D eigenvalue weighted by atomic mass is 10.0. The second-order valence-electron chi connectivity index (χ2n) is 7.68. The van der Waals surface area contributed by atoms with Crippen molar-refractivity contribution in [1.82, 2.24) is 20.2 Å². The normalized spacial score (nSPS) is 13.4. The Kier molecular flexibility index (Phi) is 5.98. The van der Waals surface area contributed by atoms with Crippen molar-refractivity contribution in [3.05, 3.63) is 84.3 Å². The van der Waals surface area contributed by atoms with Gasteiger partial charge in [-0.2, -0.15) is 4.68 Å². The van der Waals surface area contributed by atoms with Gasteiger partial charge in [-0.3, -0.25) is 4.79 Å². The van der Waals surface area contributed by atoms with E-state index in [2.05, 4.69) is 15.5 Å². The summed E-state index contributed by atoms with van der Waals surface area (Å²) in [5, 5.41) is 11.8. The number of tetrazole rings is 1. The lowest BCUT2D eigenvalue weighted by molar-refractivity contribution is -0.142. The molecule has 0 fully saturated rings. The number of rotatable bonds is 6. The smallest absolute Gasteiger partial charge is 0.357 e. The zero-order chi connectivity index (χ0) is 23.3. The Bertz CT molecular complexity index is 1330. The average Bonchev–Trinajstić information content (AvgIpc) is 3.58. The van der Waals surface area contributed by atoms with E-state index in [0.29, 0.717) is 23.7 Å². The molecule has 3 heterocycles. The zero-order valence-corrected chi connectivity index (χ0v) is 18.2. The standard InChI is InChI=1S/C25H21N5O4/c31-23(29-14-6-11-18-8-4-5-13-21(18)29)17-34-25(32)22(16-20-12-7-15-33-20)30-24(26-27-28-30)19-9-2-1-3-10-19/h1-5,7-10,12-13,15-16H,6,11,14,17H2/b22-16+. The molecule has 1 aliphatic heterocycles. The van der Waals surface area contributed by atoms with E-state index in [1.54, 1.807) is 17.0 Å². The Morgan fingerprint density at radius 3 is 2.68 bits per heavy atom. The minimum absolute atomic E-state index is 0.0191. The van der Waals surface area contributed by atoms with E-state index < -0.39 is 12.6 Å². The van der Waals surface area contributed by atoms with E-state index in [9.17, 15) is 9.59 Å². The summed E-state index contributed by atoms with van der Waals surface area (Å²) in [6.45, 7) is 0.166. The fourth-order valence-electron chi connectivity index (χ4n) is 3.90. The van der Waals surface area contributed by atoms with Gasteiger partial charge in [0.25, 0.3) is 5.91 Å². The van der Waals surface area contributed by atoms with Gasteiger partial charge >= 0.3 is 5.97 Å². The molecule has 0 radical (unpaired) electrons. The third-order valence-electron chi connectivity index (χ3n) is 5.50. The number of furan rings is 1. The highest BCUT2D eigenvalue weighted by Crippen LogP contribution is 2.27. The highest BCUT2D eigenvalue weighted by molar-refractivity contribution is 6.16. The van der Waals surface area contributed by atoms with Gasteiger partial charge in [-0.25, -0.2) is 4.79 Å². The van der Waals surface area contributed by atoms with E-state index in [-0.39, 0.29) is 11.6 Å². The molecule has 9 nitrogen and oxygen atoms in total. The Morgan fingerprint density at radius 1 is 1.03 bits per heavy atom. The lowest BCUT2D eigenvalue weighted by Gasteiger charge is -2.29. The SMILES string of the molecule is O=C(OCC(=O)N1CCCc2ccccc21)/C(=C\c1ccco1)n1nnnc1-c1ccccc1. The van der Waals surface area contributed by atoms with Crippen LogP contribution in [-0.4, -0.2) is 45.2 Å². The van der Waals surface area contributed by atoms with Crippen LogP contribution in [0.1, 0.15) is 17.7 Å². The summed E-state index contributed by atoms with van der Waals surface area (Å²) in [4.78, 5) is 27.8. The molecule has 9 heteroatoms. The molecule has 4 aromatic rings. The molecular formula is C25H21N5O4. The summed E-state index contributed by atoms with van der Waals surface area (Å²) >= 11 is 0. The first-order valence-electron chi connectivity index (χ1n) is 10.9. The van der Waals surface area contributed by atoms with E-state index in [0.717, 1.165) is 24.1 Å². The molecule has 0 saturated heterocycles. The van der Waals surface area contributed by atoms with Gasteiger partial charge in [0.2, 0.25) is 0 Å². The predicted molar refractivity (Wildman–Crippen MR) is 124 cm³/mol. The second kappa shape index (κ2) is 9.53. The van der Waals surface area contributed by atoms with Gasteiger partial charge < -0.3 is 14.1 Å². The fraction of sp³-hybridized carbons (Fsp3) is 0.160. The minimum atomic E-state index is -0.750. The molecule has 0 spiro atoms. The van der Waals surface area contributed by atoms with Crippen molar-refractivity contribution < 1.29 is 18.7 Å². The van der Waals surface area contributed by atoms with Crippen LogP contribution in [0.5, 0.6) is 0 Å². The van der Waals surface area contributed by atoms with Crippen LogP contribution in [0, 0.1) is 0 Å². The summed E-state index contributed by atoms with van der Waals surface area (Å²) in [6.07, 6.45) is 4.73. The summed E-state index contributed by atoms with van der Waals surface area (Å²) in [5.74, 6) is -0.276. The van der Waals surface area contributed by atoms with E-state index in [1.807, 2.05) is 54.6 Å². The van der Waals surface area contributed by atoms with Crippen molar-refractivity contribution in [1.29, 1.82) is 0 Å². The number of carbonyl (C=O) groups excluding carboxylic acids is 2. The van der Waals surface area contributed by atoms with Crippen LogP contribution >= 0.6 is 0 Å². The lowest BCUT2D eigenvalue weighted by Crippen LogP contribution is -2.38. The number of carbonyl (C=O) groups is 2. The summed E-state index contributed by atoms with van der Waals surface area (Å²) in [7, 11) is 0. The quantitative estimate of drug-likeness (QED) is 0.324. The molecular weight excluding hydrogens is 434 g/mol. The topological polar surface area (TPSA) is 103 Å². The van der Waals surface area contributed by atoms with Crippen LogP contribution in [-0.2, 0) is 20.7 Å². The highest BCUT2D eigenvalue weighted by Gasteiger charge is 2.26. The van der Waals surface area contributed by atoms with Crippen LogP contribution in [0.3, 0.4) is 0 Å². The first-order chi connectivity index (χ1) is 16.7. The number of para-hydroxylation sites is 1. The largest absolute Gasteiger partial charge is 0.465 e. The van der Waals surface area contributed by atoms with Crippen molar-refractivity contribution in [2.24, 2.45) is 0 Å². The van der Waals surface area contributed by atoms with Gasteiger partial charge in [0.15, 0.2) is 18.1 Å². The van der Waals surface area contributed by atoms with Gasteiger partial charge in [-0.15, -0.1) is 5.10 Å². The third-order valence-corrected chi connectivity index (χ3v) is 5.50. The summed E-state index contributed by atoms with van der Waals surface area (Å²) in [6, 6.07) is 20.4. The van der Waals surface area contributed by atoms with Crippen LogP contribution in [0.4, 0.5) is 5.69 Å². The van der Waals surface area contributed by atoms with Crippen molar-refractivity contribution >= 4 is 29.3 Å². The molecule has 0 aliphatic carbocycles. The number of nitrogens with zero attached hydrogens (tertiary/aromatic N) is 5. The van der Waals surface area contributed by atoms with Crippen LogP contribution in [0.25, 0.3) is 23.2 Å². The number of hydrogen-bond acceptors (Lipinski definition) is 7. The number of aromatic nitrogens is 4. The summed E-state index contributed by atoms with van der Waals surface area (Å²) in [5.41, 5.74) is 2.69. The van der Waals surface area contributed by atoms with Gasteiger partial charge in [0.05, 0.1) is 6.26 Å². The number of hydrogen-bond donors (Lipinski definition) is 0. The molecule has 2 aromatic heterocycles. The molecule has 0 N–H and O–H groups in total. The average molecular weight is 455 g/mol. The van der Waals surface area contributed by atoms with E-state index >= 15 is 0 Å². The molecule has 5 rings (SSSR count). The molecule has 1 aliphatic rings. The highest BCUT2D eigenvalue weighted by atomic mass is 16.5. The van der Waals surface area contributed by atoms with Gasteiger partial charge in [0, 0.05) is 23.9 Å². The van der Waals surface area contributed by atoms with Gasteiger partial charge in [0.1, 0.15) is 5.76 Å². The Labute approximate surface area is 195 Å². The van der Waals surface area contributed by atoms with Crippen LogP contribution in [0.15, 0.2) is 77.4 Å². The Balaban J connectivity index is 1.39. The zero-order valence-electron chi connectivity index (χ0n) is 18.2. The molecule has 0 saturated carbocycles. The number of amides is 1. The number of benzene rings is 2. The molecule has 1 amide bonds. The molecule has 170 valence electrons. The van der Waals surface area contributed by atoms with Crippen molar-refractivity contribution in [3.63, 3.8) is 0 Å². The molecule has 0 unspecified atom stereocenters. The minimum Gasteiger partial charge on any atom is -0.465 e. The van der Waals surface area contributed by atoms with Gasteiger partial charge in [-0.05, 0) is 47.0 Å². The van der Waals surface area contributed by atoms with Crippen molar-refractivity contribution in [2.75, 3.05) is 18.1 Å². The number of aryl methyl sites for hydroxylation is 1. The molecule has 34 heavy (non-hydrogen) atoms. The monoisotopic (exact) mass is 455 g/mol. The number of ether oxygens (including phenoxy) is 1. The fourth-order valence-corrected chi connectivity index (χ4v) is 3.90.